The second kappa shape index (κ2) is 5.30. The Morgan fingerprint density at radius 2 is 2.28 bits per heavy atom. The number of para-hydroxylation sites is 1. The average molecular weight is 253 g/mol. The zero-order valence-corrected chi connectivity index (χ0v) is 9.93. The third-order valence-corrected chi connectivity index (χ3v) is 3.48. The number of nitrogens with one attached hydrogen (secondary N) is 1. The predicted octanol–water partition coefficient (Wildman–Crippen LogP) is 2.27. The van der Waals surface area contributed by atoms with E-state index in [1.165, 1.54) is 18.2 Å². The van der Waals surface area contributed by atoms with E-state index in [2.05, 4.69) is 5.32 Å². The standard InChI is InChI=1S/C12H16FN3O2/c13-9-4-2-6-11(16(17)18)12(9)15-10-5-1-3-8(10)7-14/h2,4,6,8,10,15H,1,3,5,7,14H2. The number of nitro groups is 1. The monoisotopic (exact) mass is 253 g/mol. The lowest BCUT2D eigenvalue weighted by molar-refractivity contribution is -0.384. The van der Waals surface area contributed by atoms with E-state index in [0.29, 0.717) is 6.54 Å². The molecule has 5 nitrogen and oxygen atoms in total. The van der Waals surface area contributed by atoms with Gasteiger partial charge >= 0.3 is 0 Å². The fourth-order valence-electron chi connectivity index (χ4n) is 2.50. The molecule has 0 amide bonds. The lowest BCUT2D eigenvalue weighted by atomic mass is 10.0. The fourth-order valence-corrected chi connectivity index (χ4v) is 2.50. The van der Waals surface area contributed by atoms with Crippen LogP contribution in [0, 0.1) is 21.8 Å². The number of halogens is 1. The zero-order valence-electron chi connectivity index (χ0n) is 9.93. The van der Waals surface area contributed by atoms with Gasteiger partial charge in [-0.15, -0.1) is 0 Å². The second-order valence-electron chi connectivity index (χ2n) is 4.57. The largest absolute Gasteiger partial charge is 0.374 e. The number of rotatable bonds is 4. The first-order valence-corrected chi connectivity index (χ1v) is 6.03. The van der Waals surface area contributed by atoms with Crippen LogP contribution in [-0.4, -0.2) is 17.5 Å². The van der Waals surface area contributed by atoms with Crippen molar-refractivity contribution in [2.45, 2.75) is 25.3 Å². The molecule has 1 fully saturated rings. The van der Waals surface area contributed by atoms with Crippen molar-refractivity contribution in [1.29, 1.82) is 0 Å². The summed E-state index contributed by atoms with van der Waals surface area (Å²) in [6.07, 6.45) is 2.87. The molecule has 18 heavy (non-hydrogen) atoms. The minimum absolute atomic E-state index is 0.0191. The van der Waals surface area contributed by atoms with Gasteiger partial charge in [0.1, 0.15) is 5.69 Å². The van der Waals surface area contributed by atoms with Crippen molar-refractivity contribution in [3.63, 3.8) is 0 Å². The third kappa shape index (κ3) is 2.43. The maximum Gasteiger partial charge on any atom is 0.295 e. The molecular weight excluding hydrogens is 237 g/mol. The maximum atomic E-state index is 13.7. The van der Waals surface area contributed by atoms with Crippen molar-refractivity contribution in [1.82, 2.24) is 0 Å². The summed E-state index contributed by atoms with van der Waals surface area (Å²) >= 11 is 0. The molecular formula is C12H16FN3O2. The molecule has 1 aromatic carbocycles. The molecule has 0 spiro atoms. The Hall–Kier alpha value is -1.69. The Labute approximate surface area is 104 Å². The minimum atomic E-state index is -0.591. The minimum Gasteiger partial charge on any atom is -0.374 e. The summed E-state index contributed by atoms with van der Waals surface area (Å²) in [5.41, 5.74) is 5.40. The van der Waals surface area contributed by atoms with Crippen molar-refractivity contribution >= 4 is 11.4 Å². The number of nitrogens with zero attached hydrogens (tertiary/aromatic N) is 1. The number of anilines is 1. The van der Waals surface area contributed by atoms with Gasteiger partial charge in [0.2, 0.25) is 0 Å². The van der Waals surface area contributed by atoms with Crippen LogP contribution < -0.4 is 11.1 Å². The molecule has 2 atom stereocenters. The number of nitro benzene ring substituents is 1. The molecule has 0 radical (unpaired) electrons. The van der Waals surface area contributed by atoms with Gasteiger partial charge in [-0.2, -0.15) is 0 Å². The molecule has 0 bridgehead atoms. The summed E-state index contributed by atoms with van der Waals surface area (Å²) < 4.78 is 13.7. The summed E-state index contributed by atoms with van der Waals surface area (Å²) in [5.74, 6) is -0.337. The zero-order chi connectivity index (χ0) is 13.1. The van der Waals surface area contributed by atoms with E-state index in [0.717, 1.165) is 19.3 Å². The first kappa shape index (κ1) is 12.8. The van der Waals surface area contributed by atoms with Crippen molar-refractivity contribution < 1.29 is 9.31 Å². The van der Waals surface area contributed by atoms with Crippen molar-refractivity contribution in [2.75, 3.05) is 11.9 Å². The highest BCUT2D eigenvalue weighted by Gasteiger charge is 2.29. The van der Waals surface area contributed by atoms with Crippen LogP contribution in [0.25, 0.3) is 0 Å². The molecule has 0 aromatic heterocycles. The van der Waals surface area contributed by atoms with Gasteiger partial charge in [-0.3, -0.25) is 10.1 Å². The molecule has 1 aliphatic rings. The Morgan fingerprint density at radius 3 is 2.94 bits per heavy atom. The number of benzene rings is 1. The maximum absolute atomic E-state index is 13.7. The van der Waals surface area contributed by atoms with E-state index in [1.54, 1.807) is 0 Å². The quantitative estimate of drug-likeness (QED) is 0.637. The van der Waals surface area contributed by atoms with Crippen LogP contribution in [0.15, 0.2) is 18.2 Å². The van der Waals surface area contributed by atoms with Crippen molar-refractivity contribution in [3.8, 4) is 0 Å². The summed E-state index contributed by atoms with van der Waals surface area (Å²) in [7, 11) is 0. The summed E-state index contributed by atoms with van der Waals surface area (Å²) in [4.78, 5) is 10.3. The third-order valence-electron chi connectivity index (χ3n) is 3.48. The van der Waals surface area contributed by atoms with Crippen LogP contribution in [0.5, 0.6) is 0 Å². The SMILES string of the molecule is NCC1CCCC1Nc1c(F)cccc1[N+](=O)[O-]. The van der Waals surface area contributed by atoms with Gasteiger partial charge in [0, 0.05) is 12.1 Å². The van der Waals surface area contributed by atoms with Gasteiger partial charge < -0.3 is 11.1 Å². The molecule has 0 heterocycles. The lowest BCUT2D eigenvalue weighted by Crippen LogP contribution is -2.30. The molecule has 1 aliphatic carbocycles. The van der Waals surface area contributed by atoms with Gasteiger partial charge in [-0.1, -0.05) is 12.5 Å². The molecule has 98 valence electrons. The molecule has 0 aliphatic heterocycles. The lowest BCUT2D eigenvalue weighted by Gasteiger charge is -2.20. The first-order chi connectivity index (χ1) is 8.63. The van der Waals surface area contributed by atoms with E-state index in [1.807, 2.05) is 0 Å². The number of hydrogen-bond donors (Lipinski definition) is 2. The van der Waals surface area contributed by atoms with Gasteiger partial charge in [-0.05, 0) is 31.4 Å². The van der Waals surface area contributed by atoms with Crippen LogP contribution in [-0.2, 0) is 0 Å². The molecule has 6 heteroatoms. The Balaban J connectivity index is 2.25. The molecule has 1 aromatic rings. The number of hydrogen-bond acceptors (Lipinski definition) is 4. The Kier molecular flexibility index (Phi) is 3.76. The molecule has 2 rings (SSSR count). The van der Waals surface area contributed by atoms with Gasteiger partial charge in [0.25, 0.3) is 5.69 Å². The topological polar surface area (TPSA) is 81.2 Å². The molecule has 3 N–H and O–H groups in total. The van der Waals surface area contributed by atoms with Crippen LogP contribution in [0.3, 0.4) is 0 Å². The highest BCUT2D eigenvalue weighted by Crippen LogP contribution is 2.33. The van der Waals surface area contributed by atoms with Crippen molar-refractivity contribution in [2.24, 2.45) is 11.7 Å². The van der Waals surface area contributed by atoms with E-state index >= 15 is 0 Å². The molecule has 0 saturated heterocycles. The predicted molar refractivity (Wildman–Crippen MR) is 66.9 cm³/mol. The number of nitrogens with two attached hydrogens (primary N) is 1. The van der Waals surface area contributed by atoms with E-state index < -0.39 is 10.7 Å². The Morgan fingerprint density at radius 1 is 1.50 bits per heavy atom. The van der Waals surface area contributed by atoms with Crippen LogP contribution in [0.2, 0.25) is 0 Å². The normalized spacial score (nSPS) is 23.0. The van der Waals surface area contributed by atoms with E-state index in [-0.39, 0.29) is 23.3 Å². The fraction of sp³-hybridized carbons (Fsp3) is 0.500. The van der Waals surface area contributed by atoms with Crippen LogP contribution in [0.4, 0.5) is 15.8 Å². The Bertz CT molecular complexity index is 453. The highest BCUT2D eigenvalue weighted by atomic mass is 19.1. The van der Waals surface area contributed by atoms with Gasteiger partial charge in [0.15, 0.2) is 5.82 Å². The summed E-state index contributed by atoms with van der Waals surface area (Å²) in [5, 5.41) is 13.8. The smallest absolute Gasteiger partial charge is 0.295 e. The summed E-state index contributed by atoms with van der Waals surface area (Å²) in [6, 6.07) is 3.89. The summed E-state index contributed by atoms with van der Waals surface area (Å²) in [6.45, 7) is 0.514. The van der Waals surface area contributed by atoms with E-state index in [9.17, 15) is 14.5 Å². The molecule has 1 saturated carbocycles. The van der Waals surface area contributed by atoms with Crippen LogP contribution >= 0.6 is 0 Å². The molecule has 2 unspecified atom stereocenters. The second-order valence-corrected chi connectivity index (χ2v) is 4.57. The average Bonchev–Trinajstić information content (AvgIpc) is 2.78. The van der Waals surface area contributed by atoms with Crippen LogP contribution in [0.1, 0.15) is 19.3 Å². The van der Waals surface area contributed by atoms with Gasteiger partial charge in [-0.25, -0.2) is 4.39 Å². The first-order valence-electron chi connectivity index (χ1n) is 6.03. The van der Waals surface area contributed by atoms with Gasteiger partial charge in [0.05, 0.1) is 4.92 Å². The van der Waals surface area contributed by atoms with Crippen molar-refractivity contribution in [3.05, 3.63) is 34.1 Å². The highest BCUT2D eigenvalue weighted by molar-refractivity contribution is 5.62. The van der Waals surface area contributed by atoms with E-state index in [4.69, 9.17) is 5.73 Å².